The summed E-state index contributed by atoms with van der Waals surface area (Å²) >= 11 is 0. The van der Waals surface area contributed by atoms with Gasteiger partial charge in [-0.05, 0) is 49.6 Å². The Morgan fingerprint density at radius 1 is 1.32 bits per heavy atom. The van der Waals surface area contributed by atoms with Crippen molar-refractivity contribution in [1.82, 2.24) is 4.98 Å². The molecule has 0 aliphatic carbocycles. The molecule has 0 saturated carbocycles. The fraction of sp³-hybridized carbons (Fsp3) is 0.381. The summed E-state index contributed by atoms with van der Waals surface area (Å²) < 4.78 is 5.23. The van der Waals surface area contributed by atoms with Crippen LogP contribution in [-0.2, 0) is 11.2 Å². The maximum Gasteiger partial charge on any atom is 0.314 e. The summed E-state index contributed by atoms with van der Waals surface area (Å²) in [4.78, 5) is 29.9. The van der Waals surface area contributed by atoms with Crippen molar-refractivity contribution in [1.29, 1.82) is 0 Å². The number of aliphatic hydroxyl groups is 1. The summed E-state index contributed by atoms with van der Waals surface area (Å²) in [7, 11) is 1.56. The fourth-order valence-corrected chi connectivity index (χ4v) is 3.66. The van der Waals surface area contributed by atoms with E-state index < -0.39 is 17.5 Å². The van der Waals surface area contributed by atoms with Crippen molar-refractivity contribution in [2.75, 3.05) is 25.1 Å². The molecule has 2 aromatic rings. The number of carboxylic acid groups (broad SMARTS) is 1. The molecule has 7 nitrogen and oxygen atoms in total. The van der Waals surface area contributed by atoms with E-state index in [9.17, 15) is 19.8 Å². The van der Waals surface area contributed by atoms with Crippen LogP contribution < -0.4 is 9.64 Å². The number of Topliss-reactive ketones (excluding diaryl/α,β-unsaturated/α-hetero) is 1. The van der Waals surface area contributed by atoms with Crippen LogP contribution in [0.4, 0.5) is 5.82 Å². The van der Waals surface area contributed by atoms with Gasteiger partial charge in [0.1, 0.15) is 17.0 Å². The zero-order chi connectivity index (χ0) is 20.3. The van der Waals surface area contributed by atoms with E-state index in [1.807, 2.05) is 11.0 Å². The van der Waals surface area contributed by atoms with Crippen LogP contribution in [0, 0.1) is 5.41 Å². The van der Waals surface area contributed by atoms with E-state index in [2.05, 4.69) is 4.98 Å². The number of carbonyl (C=O) groups excluding carboxylic acids is 1. The summed E-state index contributed by atoms with van der Waals surface area (Å²) in [5, 5.41) is 20.7. The first-order chi connectivity index (χ1) is 13.4. The van der Waals surface area contributed by atoms with Gasteiger partial charge in [0, 0.05) is 24.8 Å². The van der Waals surface area contributed by atoms with Crippen molar-refractivity contribution in [3.8, 4) is 5.75 Å². The number of rotatable bonds is 6. The Labute approximate surface area is 163 Å². The van der Waals surface area contributed by atoms with Gasteiger partial charge in [0.25, 0.3) is 0 Å². The normalized spacial score (nSPS) is 22.0. The SMILES string of the molecule is COc1cccc(C[C@@]2(C(=O)O)CN(c3ccc(C(C)=O)cn3)CC[C@@H]2O)c1. The minimum absolute atomic E-state index is 0.0778. The summed E-state index contributed by atoms with van der Waals surface area (Å²) in [6, 6.07) is 10.6. The highest BCUT2D eigenvalue weighted by atomic mass is 16.5. The van der Waals surface area contributed by atoms with Crippen LogP contribution in [0.1, 0.15) is 29.3 Å². The number of hydrogen-bond acceptors (Lipinski definition) is 6. The number of ketones is 1. The maximum absolute atomic E-state index is 12.3. The van der Waals surface area contributed by atoms with Crippen LogP contribution in [0.25, 0.3) is 0 Å². The number of pyridine rings is 1. The molecule has 1 saturated heterocycles. The second-order valence-corrected chi connectivity index (χ2v) is 7.18. The quantitative estimate of drug-likeness (QED) is 0.736. The summed E-state index contributed by atoms with van der Waals surface area (Å²) in [5.74, 6) is 0.105. The van der Waals surface area contributed by atoms with Crippen LogP contribution in [0.3, 0.4) is 0 Å². The van der Waals surface area contributed by atoms with Gasteiger partial charge in [0.05, 0.1) is 13.2 Å². The molecule has 2 atom stereocenters. The van der Waals surface area contributed by atoms with Gasteiger partial charge in [0.15, 0.2) is 5.78 Å². The van der Waals surface area contributed by atoms with Gasteiger partial charge >= 0.3 is 5.97 Å². The Morgan fingerprint density at radius 3 is 2.71 bits per heavy atom. The second kappa shape index (κ2) is 7.98. The molecule has 148 valence electrons. The predicted octanol–water partition coefficient (Wildman–Crippen LogP) is 2.18. The molecule has 1 aliphatic rings. The van der Waals surface area contributed by atoms with Crippen molar-refractivity contribution in [3.63, 3.8) is 0 Å². The molecule has 0 amide bonds. The second-order valence-electron chi connectivity index (χ2n) is 7.18. The molecule has 28 heavy (non-hydrogen) atoms. The van der Waals surface area contributed by atoms with Gasteiger partial charge in [-0.2, -0.15) is 0 Å². The topological polar surface area (TPSA) is 100.0 Å². The van der Waals surface area contributed by atoms with Crippen molar-refractivity contribution < 1.29 is 24.5 Å². The highest BCUT2D eigenvalue weighted by molar-refractivity contribution is 5.93. The number of ether oxygens (including phenoxy) is 1. The minimum atomic E-state index is -1.37. The van der Waals surface area contributed by atoms with Gasteiger partial charge in [-0.15, -0.1) is 0 Å². The molecular weight excluding hydrogens is 360 g/mol. The van der Waals surface area contributed by atoms with E-state index in [-0.39, 0.29) is 18.7 Å². The van der Waals surface area contributed by atoms with Gasteiger partial charge in [-0.3, -0.25) is 9.59 Å². The zero-order valence-electron chi connectivity index (χ0n) is 16.0. The number of hydrogen-bond donors (Lipinski definition) is 2. The Hall–Kier alpha value is -2.93. The molecule has 1 aromatic carbocycles. The summed E-state index contributed by atoms with van der Waals surface area (Å²) in [6.07, 6.45) is 0.992. The molecular formula is C21H24N2O5. The molecule has 2 heterocycles. The first-order valence-corrected chi connectivity index (χ1v) is 9.12. The van der Waals surface area contributed by atoms with Gasteiger partial charge in [0.2, 0.25) is 0 Å². The Kier molecular flexibility index (Phi) is 5.65. The van der Waals surface area contributed by atoms with E-state index >= 15 is 0 Å². The summed E-state index contributed by atoms with van der Waals surface area (Å²) in [5.41, 5.74) is -0.0878. The van der Waals surface area contributed by atoms with Crippen molar-refractivity contribution in [2.45, 2.75) is 25.9 Å². The number of anilines is 1. The molecule has 0 radical (unpaired) electrons. The van der Waals surface area contributed by atoms with E-state index in [0.29, 0.717) is 30.1 Å². The number of carbonyl (C=O) groups is 2. The number of benzene rings is 1. The number of aromatic nitrogens is 1. The predicted molar refractivity (Wildman–Crippen MR) is 104 cm³/mol. The number of methoxy groups -OCH3 is 1. The van der Waals surface area contributed by atoms with Crippen LogP contribution >= 0.6 is 0 Å². The van der Waals surface area contributed by atoms with Gasteiger partial charge < -0.3 is 19.8 Å². The molecule has 0 unspecified atom stereocenters. The standard InChI is InChI=1S/C21H24N2O5/c1-14(24)16-6-7-19(22-12-16)23-9-8-18(25)21(13-23,20(26)27)11-15-4-3-5-17(10-15)28-2/h3-7,10,12,18,25H,8-9,11,13H2,1-2H3,(H,26,27)/t18-,21+/m0/s1. The Balaban J connectivity index is 1.90. The minimum Gasteiger partial charge on any atom is -0.497 e. The van der Waals surface area contributed by atoms with E-state index in [0.717, 1.165) is 5.56 Å². The number of nitrogens with zero attached hydrogens (tertiary/aromatic N) is 2. The molecule has 7 heteroatoms. The third-order valence-electron chi connectivity index (χ3n) is 5.34. The van der Waals surface area contributed by atoms with E-state index in [1.54, 1.807) is 37.4 Å². The number of aliphatic carboxylic acids is 1. The Bertz CT molecular complexity index is 867. The molecule has 1 aliphatic heterocycles. The molecule has 3 rings (SSSR count). The summed E-state index contributed by atoms with van der Waals surface area (Å²) in [6.45, 7) is 2.07. The lowest BCUT2D eigenvalue weighted by Crippen LogP contribution is -2.57. The monoisotopic (exact) mass is 384 g/mol. The highest BCUT2D eigenvalue weighted by Gasteiger charge is 2.49. The first kappa shape index (κ1) is 19.8. The molecule has 1 aromatic heterocycles. The van der Waals surface area contributed by atoms with Crippen LogP contribution in [0.15, 0.2) is 42.6 Å². The van der Waals surface area contributed by atoms with Gasteiger partial charge in [-0.25, -0.2) is 4.98 Å². The molecule has 0 bridgehead atoms. The van der Waals surface area contributed by atoms with Crippen molar-refractivity contribution >= 4 is 17.6 Å². The number of aliphatic hydroxyl groups excluding tert-OH is 1. The fourth-order valence-electron chi connectivity index (χ4n) is 3.66. The average molecular weight is 384 g/mol. The Morgan fingerprint density at radius 2 is 2.11 bits per heavy atom. The van der Waals surface area contributed by atoms with E-state index in [4.69, 9.17) is 4.74 Å². The molecule has 1 fully saturated rings. The van der Waals surface area contributed by atoms with Gasteiger partial charge in [-0.1, -0.05) is 12.1 Å². The van der Waals surface area contributed by atoms with Crippen molar-refractivity contribution in [3.05, 3.63) is 53.7 Å². The zero-order valence-corrected chi connectivity index (χ0v) is 16.0. The largest absolute Gasteiger partial charge is 0.497 e. The molecule has 0 spiro atoms. The lowest BCUT2D eigenvalue weighted by atomic mass is 9.73. The third kappa shape index (κ3) is 3.84. The number of carboxylic acids is 1. The first-order valence-electron chi connectivity index (χ1n) is 9.12. The average Bonchev–Trinajstić information content (AvgIpc) is 2.69. The smallest absolute Gasteiger partial charge is 0.314 e. The molecule has 2 N–H and O–H groups in total. The lowest BCUT2D eigenvalue weighted by Gasteiger charge is -2.44. The van der Waals surface area contributed by atoms with E-state index in [1.165, 1.54) is 13.1 Å². The third-order valence-corrected chi connectivity index (χ3v) is 5.34. The van der Waals surface area contributed by atoms with Crippen molar-refractivity contribution in [2.24, 2.45) is 5.41 Å². The van der Waals surface area contributed by atoms with Crippen LogP contribution in [0.5, 0.6) is 5.75 Å². The highest BCUT2D eigenvalue weighted by Crippen LogP contribution is 2.36. The number of piperidine rings is 1. The van der Waals surface area contributed by atoms with Crippen LogP contribution in [-0.4, -0.2) is 53.3 Å². The van der Waals surface area contributed by atoms with Crippen LogP contribution in [0.2, 0.25) is 0 Å². The maximum atomic E-state index is 12.3. The lowest BCUT2D eigenvalue weighted by molar-refractivity contribution is -0.157.